The minimum absolute atomic E-state index is 0. The van der Waals surface area contributed by atoms with Crippen molar-refractivity contribution in [3.8, 4) is 0 Å². The van der Waals surface area contributed by atoms with Crippen LogP contribution in [-0.4, -0.2) is 45.9 Å². The predicted octanol–water partition coefficient (Wildman–Crippen LogP) is -7.18. The maximum absolute atomic E-state index is 11.5. The van der Waals surface area contributed by atoms with E-state index in [1.165, 1.54) is 19.3 Å². The Kier molecular flexibility index (Phi) is 15.9. The third-order valence-electron chi connectivity index (χ3n) is 10.3. The van der Waals surface area contributed by atoms with E-state index in [-0.39, 0.29) is 118 Å². The van der Waals surface area contributed by atoms with Crippen LogP contribution in [-0.2, 0) is 15.2 Å². The molecule has 0 aromatic heterocycles. The predicted molar refractivity (Wildman–Crippen MR) is 116 cm³/mol. The molecule has 2 N–H and O–H groups in total. The molecule has 4 saturated carbocycles. The topological polar surface area (TPSA) is 161 Å². The average Bonchev–Trinajstić information content (AvgIpc) is 3.05. The van der Waals surface area contributed by atoms with Crippen LogP contribution in [0.5, 0.6) is 0 Å². The molecule has 192 valence electrons. The molecule has 3 unspecified atom stereocenters. The molecular formula is C24H39Na3O8S. The number of hydrogen-bond acceptors (Lipinski definition) is 8. The van der Waals surface area contributed by atoms with Gasteiger partial charge in [0.1, 0.15) is 0 Å². The molecule has 4 aliphatic rings. The smallest absolute Gasteiger partial charge is 0.759 e. The van der Waals surface area contributed by atoms with E-state index in [9.17, 15) is 20.1 Å². The summed E-state index contributed by atoms with van der Waals surface area (Å²) in [5, 5.41) is 32.6. The average molecular weight is 557 g/mol. The number of carbonyl (C=O) groups excluding carboxylic acids is 1. The molecule has 4 rings (SSSR count). The number of rotatable bonds is 4. The molecule has 0 aromatic rings. The van der Waals surface area contributed by atoms with Crippen molar-refractivity contribution in [2.75, 3.05) is 0 Å². The zero-order chi connectivity index (χ0) is 24.8. The summed E-state index contributed by atoms with van der Waals surface area (Å²) < 4.78 is 34.1. The van der Waals surface area contributed by atoms with Gasteiger partial charge in [0, 0.05) is 16.4 Å². The molecule has 0 radical (unpaired) electrons. The number of aliphatic hydroxyl groups is 2. The number of carboxylic acids is 1. The van der Waals surface area contributed by atoms with Gasteiger partial charge in [-0.2, -0.15) is 0 Å². The summed E-state index contributed by atoms with van der Waals surface area (Å²) in [5.74, 6) is 2.19. The fourth-order valence-corrected chi connectivity index (χ4v) is 8.71. The molecule has 0 aromatic carbocycles. The molecule has 0 amide bonds. The molecule has 0 saturated heterocycles. The van der Waals surface area contributed by atoms with Gasteiger partial charge >= 0.3 is 88.7 Å². The van der Waals surface area contributed by atoms with Crippen LogP contribution in [0.1, 0.15) is 85.0 Å². The second-order valence-electron chi connectivity index (χ2n) is 11.7. The Morgan fingerprint density at radius 2 is 1.56 bits per heavy atom. The summed E-state index contributed by atoms with van der Waals surface area (Å²) in [5.41, 5.74) is 0.188. The number of aliphatic hydroxyl groups excluding tert-OH is 2. The van der Waals surface area contributed by atoms with E-state index in [0.29, 0.717) is 41.9 Å². The van der Waals surface area contributed by atoms with Crippen LogP contribution >= 0.6 is 0 Å². The number of fused-ring (bicyclic) bond motifs is 5. The van der Waals surface area contributed by atoms with Crippen molar-refractivity contribution in [2.45, 2.75) is 97.2 Å². The minimum atomic E-state index is -5.17. The number of carbonyl (C=O) groups is 1. The molecule has 36 heavy (non-hydrogen) atoms. The summed E-state index contributed by atoms with van der Waals surface area (Å²) in [6, 6.07) is 0. The zero-order valence-corrected chi connectivity index (χ0v) is 29.8. The minimum Gasteiger partial charge on any atom is -0.759 e. The summed E-state index contributed by atoms with van der Waals surface area (Å²) in [4.78, 5) is 10.9. The van der Waals surface area contributed by atoms with Crippen molar-refractivity contribution >= 4 is 16.4 Å². The Hall–Kier alpha value is 2.26. The Labute approximate surface area is 283 Å². The van der Waals surface area contributed by atoms with E-state index in [2.05, 4.69) is 20.8 Å². The van der Waals surface area contributed by atoms with Crippen LogP contribution < -0.4 is 93.8 Å². The van der Waals surface area contributed by atoms with Crippen LogP contribution in [0.15, 0.2) is 0 Å². The van der Waals surface area contributed by atoms with Gasteiger partial charge in [0.15, 0.2) is 0 Å². The second-order valence-corrected chi connectivity index (χ2v) is 12.5. The molecule has 0 aliphatic heterocycles. The first kappa shape index (κ1) is 38.3. The maximum atomic E-state index is 11.5. The van der Waals surface area contributed by atoms with E-state index in [0.717, 1.165) is 32.1 Å². The third kappa shape index (κ3) is 8.40. The van der Waals surface area contributed by atoms with E-state index in [1.807, 2.05) is 0 Å². The van der Waals surface area contributed by atoms with Crippen LogP contribution in [0, 0.1) is 46.3 Å². The molecule has 4 fully saturated rings. The van der Waals surface area contributed by atoms with Crippen molar-refractivity contribution in [1.82, 2.24) is 0 Å². The summed E-state index contributed by atoms with van der Waals surface area (Å²) in [6.07, 6.45) is 8.98. The van der Waals surface area contributed by atoms with Crippen molar-refractivity contribution in [3.63, 3.8) is 0 Å². The van der Waals surface area contributed by atoms with Crippen molar-refractivity contribution < 1.29 is 126 Å². The van der Waals surface area contributed by atoms with E-state index >= 15 is 0 Å². The molecular weight excluding hydrogens is 517 g/mol. The Morgan fingerprint density at radius 3 is 2.11 bits per heavy atom. The van der Waals surface area contributed by atoms with Crippen LogP contribution in [0.2, 0.25) is 0 Å². The van der Waals surface area contributed by atoms with Gasteiger partial charge in [-0.1, -0.05) is 20.8 Å². The Balaban J connectivity index is 0.00000140. The fourth-order valence-electron chi connectivity index (χ4n) is 8.71. The van der Waals surface area contributed by atoms with Gasteiger partial charge in [0.05, 0.1) is 12.2 Å². The number of carboxylic acid groups (broad SMARTS) is 1. The SMILES string of the molecule is C[C@H](CCC(=O)[O-])[C@H]1CCC2C3CC[C@@H]4C[C@H](O)CC[C@]4(C)C3C[C@H](O)[C@@]21C.O=S(=O)([O-])[O-].[Na+].[Na+].[Na+]. The molecule has 10 atom stereocenters. The van der Waals surface area contributed by atoms with Crippen molar-refractivity contribution in [1.29, 1.82) is 0 Å². The Morgan fingerprint density at radius 1 is 0.972 bits per heavy atom. The standard InChI is InChI=1S/C24H40O4.3Na.H2O4S/c1-14(4-9-22(27)28)18-7-8-19-17-6-5-15-12-16(25)10-11-23(15,2)20(17)13-21(26)24(18,19)3;;;;1-5(2,3)4/h14-21,25-26H,4-13H2,1-3H3,(H,27,28);;;;(H2,1,2,3,4)/q;3*+1;/p-3/t14-,15-,16-,17?,18-,19?,20?,21+,23+,24-;;;;/m1..../s1. The van der Waals surface area contributed by atoms with Gasteiger partial charge in [-0.25, -0.2) is 0 Å². The zero-order valence-electron chi connectivity index (χ0n) is 22.9. The van der Waals surface area contributed by atoms with E-state index < -0.39 is 16.4 Å². The molecule has 12 heteroatoms. The van der Waals surface area contributed by atoms with Gasteiger partial charge < -0.3 is 29.2 Å². The van der Waals surface area contributed by atoms with Crippen molar-refractivity contribution in [3.05, 3.63) is 0 Å². The van der Waals surface area contributed by atoms with E-state index in [4.69, 9.17) is 17.5 Å². The second kappa shape index (κ2) is 14.9. The summed E-state index contributed by atoms with van der Waals surface area (Å²) >= 11 is 0. The Bertz CT molecular complexity index is 822. The quantitative estimate of drug-likeness (QED) is 0.196. The van der Waals surface area contributed by atoms with Gasteiger partial charge in [-0.15, -0.1) is 0 Å². The molecule has 8 nitrogen and oxygen atoms in total. The molecule has 0 spiro atoms. The monoisotopic (exact) mass is 556 g/mol. The van der Waals surface area contributed by atoms with Crippen LogP contribution in [0.4, 0.5) is 0 Å². The van der Waals surface area contributed by atoms with Gasteiger partial charge in [0.25, 0.3) is 0 Å². The van der Waals surface area contributed by atoms with Gasteiger partial charge in [0.2, 0.25) is 0 Å². The number of aliphatic carboxylic acids is 1. The summed E-state index contributed by atoms with van der Waals surface area (Å²) in [6.45, 7) is 6.94. The fraction of sp³-hybridized carbons (Fsp3) is 0.958. The van der Waals surface area contributed by atoms with Gasteiger partial charge in [-0.3, -0.25) is 8.42 Å². The van der Waals surface area contributed by atoms with Crippen molar-refractivity contribution in [2.24, 2.45) is 46.3 Å². The van der Waals surface area contributed by atoms with Crippen LogP contribution in [0.3, 0.4) is 0 Å². The normalized spacial score (nSPS) is 41.8. The molecule has 0 bridgehead atoms. The molecule has 0 heterocycles. The summed E-state index contributed by atoms with van der Waals surface area (Å²) in [7, 11) is -5.17. The maximum Gasteiger partial charge on any atom is 1.00 e. The van der Waals surface area contributed by atoms with Gasteiger partial charge in [-0.05, 0) is 111 Å². The van der Waals surface area contributed by atoms with E-state index in [1.54, 1.807) is 0 Å². The first-order chi connectivity index (χ1) is 15.2. The first-order valence-electron chi connectivity index (χ1n) is 12.4. The first-order valence-corrected chi connectivity index (χ1v) is 13.7. The van der Waals surface area contributed by atoms with Crippen LogP contribution in [0.25, 0.3) is 0 Å². The third-order valence-corrected chi connectivity index (χ3v) is 10.3. The number of hydrogen-bond donors (Lipinski definition) is 2. The largest absolute Gasteiger partial charge is 1.00 e. The molecule has 4 aliphatic carbocycles.